The van der Waals surface area contributed by atoms with Crippen LogP contribution >= 0.6 is 0 Å². The summed E-state index contributed by atoms with van der Waals surface area (Å²) in [5, 5.41) is 9.19. The Labute approximate surface area is 112 Å². The summed E-state index contributed by atoms with van der Waals surface area (Å²) < 4.78 is 0. The highest BCUT2D eigenvalue weighted by Crippen LogP contribution is 2.32. The molecule has 1 aromatic carbocycles. The van der Waals surface area contributed by atoms with Crippen molar-refractivity contribution >= 4 is 17.6 Å². The molecule has 0 spiro atoms. The van der Waals surface area contributed by atoms with E-state index in [-0.39, 0.29) is 12.5 Å². The van der Waals surface area contributed by atoms with Crippen LogP contribution in [0.1, 0.15) is 35.7 Å². The van der Waals surface area contributed by atoms with Crippen molar-refractivity contribution in [3.63, 3.8) is 0 Å². The second kappa shape index (κ2) is 5.26. The molecule has 1 atom stereocenters. The molecule has 0 bridgehead atoms. The maximum absolute atomic E-state index is 12.2. The fraction of sp³-hybridized carbons (Fsp3) is 0.333. The molecule has 0 fully saturated rings. The minimum absolute atomic E-state index is 0.150. The van der Waals surface area contributed by atoms with Gasteiger partial charge in [-0.05, 0) is 12.5 Å². The van der Waals surface area contributed by atoms with E-state index in [9.17, 15) is 14.7 Å². The van der Waals surface area contributed by atoms with Crippen LogP contribution in [0.2, 0.25) is 0 Å². The second-order valence-electron chi connectivity index (χ2n) is 4.73. The van der Waals surface area contributed by atoms with Gasteiger partial charge in [-0.15, -0.1) is 0 Å². The van der Waals surface area contributed by atoms with E-state index in [1.165, 1.54) is 4.90 Å². The number of nitrogens with zero attached hydrogens (tertiary/aromatic N) is 1. The third-order valence-electron chi connectivity index (χ3n) is 3.43. The molecule has 1 N–H and O–H groups in total. The normalized spacial score (nSPS) is 15.5. The molecule has 100 valence electrons. The van der Waals surface area contributed by atoms with Gasteiger partial charge in [0.1, 0.15) is 0 Å². The molecule has 1 unspecified atom stereocenters. The monoisotopic (exact) mass is 259 g/mol. The third kappa shape index (κ3) is 2.38. The molecule has 0 aromatic heterocycles. The Bertz CT molecular complexity index is 501. The molecule has 0 radical (unpaired) electrons. The van der Waals surface area contributed by atoms with E-state index in [0.717, 1.165) is 12.0 Å². The molecular formula is C15H17NO3. The zero-order valence-corrected chi connectivity index (χ0v) is 10.9. The smallest absolute Gasteiger partial charge is 0.308 e. The van der Waals surface area contributed by atoms with Gasteiger partial charge in [0.2, 0.25) is 0 Å². The van der Waals surface area contributed by atoms with Gasteiger partial charge >= 0.3 is 5.97 Å². The fourth-order valence-electron chi connectivity index (χ4n) is 2.39. The number of aliphatic carboxylic acids is 1. The Balaban J connectivity index is 2.22. The van der Waals surface area contributed by atoms with E-state index in [0.29, 0.717) is 17.7 Å². The van der Waals surface area contributed by atoms with Crippen LogP contribution in [-0.2, 0) is 4.79 Å². The van der Waals surface area contributed by atoms with Crippen LogP contribution in [0, 0.1) is 5.92 Å². The lowest BCUT2D eigenvalue weighted by atomic mass is 10.0. The predicted octanol–water partition coefficient (Wildman–Crippen LogP) is 2.61. The molecule has 19 heavy (non-hydrogen) atoms. The van der Waals surface area contributed by atoms with Crippen molar-refractivity contribution in [2.75, 3.05) is 6.54 Å². The molecule has 0 saturated carbocycles. The van der Waals surface area contributed by atoms with Crippen LogP contribution in [0.4, 0.5) is 0 Å². The van der Waals surface area contributed by atoms with Gasteiger partial charge in [-0.1, -0.05) is 38.1 Å². The van der Waals surface area contributed by atoms with Crippen molar-refractivity contribution in [1.82, 2.24) is 4.90 Å². The molecular weight excluding hydrogens is 242 g/mol. The minimum atomic E-state index is -0.863. The van der Waals surface area contributed by atoms with Crippen LogP contribution in [0.3, 0.4) is 0 Å². The Morgan fingerprint density at radius 2 is 2.00 bits per heavy atom. The Kier molecular flexibility index (Phi) is 3.69. The predicted molar refractivity (Wildman–Crippen MR) is 72.5 cm³/mol. The fourth-order valence-corrected chi connectivity index (χ4v) is 2.39. The Morgan fingerprint density at radius 1 is 1.37 bits per heavy atom. The van der Waals surface area contributed by atoms with Crippen molar-refractivity contribution < 1.29 is 14.7 Å². The van der Waals surface area contributed by atoms with Crippen molar-refractivity contribution in [1.29, 1.82) is 0 Å². The van der Waals surface area contributed by atoms with Crippen molar-refractivity contribution in [3.05, 3.63) is 42.0 Å². The lowest BCUT2D eigenvalue weighted by Crippen LogP contribution is -2.32. The summed E-state index contributed by atoms with van der Waals surface area (Å²) in [5.74, 6) is -1.55. The summed E-state index contributed by atoms with van der Waals surface area (Å²) in [6.45, 7) is 6.04. The number of carboxylic acids is 1. The average Bonchev–Trinajstić information content (AvgIpc) is 2.63. The van der Waals surface area contributed by atoms with Crippen LogP contribution in [0.5, 0.6) is 0 Å². The molecule has 0 aliphatic carbocycles. The maximum Gasteiger partial charge on any atom is 0.308 e. The van der Waals surface area contributed by atoms with Gasteiger partial charge in [0.15, 0.2) is 0 Å². The van der Waals surface area contributed by atoms with E-state index in [1.807, 2.05) is 19.1 Å². The van der Waals surface area contributed by atoms with Gasteiger partial charge in [-0.2, -0.15) is 0 Å². The van der Waals surface area contributed by atoms with Crippen molar-refractivity contribution in [2.45, 2.75) is 19.8 Å². The number of hydrogen-bond donors (Lipinski definition) is 1. The molecule has 1 heterocycles. The molecule has 4 nitrogen and oxygen atoms in total. The summed E-state index contributed by atoms with van der Waals surface area (Å²) in [4.78, 5) is 24.9. The topological polar surface area (TPSA) is 57.6 Å². The van der Waals surface area contributed by atoms with Gasteiger partial charge in [0, 0.05) is 23.4 Å². The van der Waals surface area contributed by atoms with E-state index >= 15 is 0 Å². The lowest BCUT2D eigenvalue weighted by molar-refractivity contribution is -0.142. The zero-order chi connectivity index (χ0) is 14.0. The largest absolute Gasteiger partial charge is 0.481 e. The highest BCUT2D eigenvalue weighted by atomic mass is 16.4. The summed E-state index contributed by atoms with van der Waals surface area (Å²) in [5.41, 5.74) is 2.00. The zero-order valence-electron chi connectivity index (χ0n) is 10.9. The van der Waals surface area contributed by atoms with E-state index in [1.54, 1.807) is 12.1 Å². The highest BCUT2D eigenvalue weighted by Gasteiger charge is 2.33. The number of fused-ring (bicyclic) bond motifs is 1. The number of rotatable bonds is 5. The first kappa shape index (κ1) is 13.3. The average molecular weight is 259 g/mol. The summed E-state index contributed by atoms with van der Waals surface area (Å²) in [6.07, 6.45) is 1.33. The molecule has 0 saturated heterocycles. The standard InChI is InChI=1S/C15H17NO3/c1-3-6-11(15(18)19)9-16-10(2)12-7-4-5-8-13(12)14(16)17/h4-5,7-8,11H,2-3,6,9H2,1H3,(H,18,19). The molecule has 1 aliphatic heterocycles. The Hall–Kier alpha value is -2.10. The molecule has 2 rings (SSSR count). The van der Waals surface area contributed by atoms with Crippen molar-refractivity contribution in [2.24, 2.45) is 5.92 Å². The molecule has 1 aliphatic rings. The Morgan fingerprint density at radius 3 is 2.53 bits per heavy atom. The van der Waals surface area contributed by atoms with E-state index < -0.39 is 11.9 Å². The van der Waals surface area contributed by atoms with Gasteiger partial charge < -0.3 is 10.0 Å². The van der Waals surface area contributed by atoms with Gasteiger partial charge in [0.05, 0.1) is 5.92 Å². The van der Waals surface area contributed by atoms with Crippen LogP contribution in [0.15, 0.2) is 30.8 Å². The van der Waals surface area contributed by atoms with Crippen LogP contribution < -0.4 is 0 Å². The van der Waals surface area contributed by atoms with E-state index in [2.05, 4.69) is 6.58 Å². The number of amides is 1. The number of hydrogen-bond acceptors (Lipinski definition) is 2. The summed E-state index contributed by atoms with van der Waals surface area (Å²) in [6, 6.07) is 7.24. The summed E-state index contributed by atoms with van der Waals surface area (Å²) in [7, 11) is 0. The first-order chi connectivity index (χ1) is 9.06. The van der Waals surface area contributed by atoms with Gasteiger partial charge in [-0.3, -0.25) is 9.59 Å². The number of carbonyl (C=O) groups excluding carboxylic acids is 1. The number of carboxylic acid groups (broad SMARTS) is 1. The van der Waals surface area contributed by atoms with Crippen LogP contribution in [0.25, 0.3) is 5.70 Å². The summed E-state index contributed by atoms with van der Waals surface area (Å²) >= 11 is 0. The van der Waals surface area contributed by atoms with Crippen LogP contribution in [-0.4, -0.2) is 28.4 Å². The third-order valence-corrected chi connectivity index (χ3v) is 3.43. The number of carbonyl (C=O) groups is 2. The second-order valence-corrected chi connectivity index (χ2v) is 4.73. The maximum atomic E-state index is 12.2. The quantitative estimate of drug-likeness (QED) is 0.884. The molecule has 4 heteroatoms. The first-order valence-electron chi connectivity index (χ1n) is 6.39. The SMILES string of the molecule is C=C1c2ccccc2C(=O)N1CC(CCC)C(=O)O. The van der Waals surface area contributed by atoms with Gasteiger partial charge in [-0.25, -0.2) is 0 Å². The van der Waals surface area contributed by atoms with Gasteiger partial charge in [0.25, 0.3) is 5.91 Å². The molecule has 1 amide bonds. The van der Waals surface area contributed by atoms with E-state index in [4.69, 9.17) is 0 Å². The minimum Gasteiger partial charge on any atom is -0.481 e. The highest BCUT2D eigenvalue weighted by molar-refractivity contribution is 6.08. The number of benzene rings is 1. The van der Waals surface area contributed by atoms with Crippen molar-refractivity contribution in [3.8, 4) is 0 Å². The lowest BCUT2D eigenvalue weighted by Gasteiger charge is -2.21. The first-order valence-corrected chi connectivity index (χ1v) is 6.39. The molecule has 1 aromatic rings.